The maximum Gasteiger partial charge on any atom is 0.239 e. The van der Waals surface area contributed by atoms with Gasteiger partial charge in [-0.25, -0.2) is 0 Å². The zero-order valence-corrected chi connectivity index (χ0v) is 10.9. The standard InChI is InChI=1S/C12H23N3O2/c1-8(2)10(13)12(17)15-6-4-5-9(7-15)11(16)14-3/h8-10H,4-7,13H2,1-3H3,(H,14,16). The molecular weight excluding hydrogens is 218 g/mol. The lowest BCUT2D eigenvalue weighted by molar-refractivity contribution is -0.137. The number of likely N-dealkylation sites (tertiary alicyclic amines) is 1. The summed E-state index contributed by atoms with van der Waals surface area (Å²) in [7, 11) is 1.63. The molecule has 5 heteroatoms. The van der Waals surface area contributed by atoms with Crippen molar-refractivity contribution >= 4 is 11.8 Å². The molecule has 2 amide bonds. The van der Waals surface area contributed by atoms with E-state index in [4.69, 9.17) is 5.73 Å². The lowest BCUT2D eigenvalue weighted by atomic mass is 9.95. The minimum absolute atomic E-state index is 0.0145. The van der Waals surface area contributed by atoms with Crippen LogP contribution in [0, 0.1) is 11.8 Å². The molecule has 5 nitrogen and oxygen atoms in total. The van der Waals surface area contributed by atoms with Gasteiger partial charge in [0.15, 0.2) is 0 Å². The average molecular weight is 241 g/mol. The van der Waals surface area contributed by atoms with Gasteiger partial charge in [0, 0.05) is 20.1 Å². The van der Waals surface area contributed by atoms with Gasteiger partial charge in [0.05, 0.1) is 12.0 Å². The number of carbonyl (C=O) groups excluding carboxylic acids is 2. The second kappa shape index (κ2) is 6.00. The molecule has 0 radical (unpaired) electrons. The van der Waals surface area contributed by atoms with E-state index in [1.54, 1.807) is 11.9 Å². The molecule has 0 aromatic rings. The molecule has 0 aromatic carbocycles. The Labute approximate surface area is 103 Å². The van der Waals surface area contributed by atoms with E-state index in [2.05, 4.69) is 5.32 Å². The van der Waals surface area contributed by atoms with E-state index in [0.29, 0.717) is 13.1 Å². The number of piperidine rings is 1. The van der Waals surface area contributed by atoms with Crippen molar-refractivity contribution in [2.75, 3.05) is 20.1 Å². The highest BCUT2D eigenvalue weighted by Gasteiger charge is 2.30. The molecule has 2 atom stereocenters. The fraction of sp³-hybridized carbons (Fsp3) is 0.833. The molecule has 98 valence electrons. The Hall–Kier alpha value is -1.10. The fourth-order valence-electron chi connectivity index (χ4n) is 2.09. The Morgan fingerprint density at radius 3 is 2.59 bits per heavy atom. The topological polar surface area (TPSA) is 75.4 Å². The van der Waals surface area contributed by atoms with Crippen LogP contribution in [0.4, 0.5) is 0 Å². The van der Waals surface area contributed by atoms with Crippen LogP contribution < -0.4 is 11.1 Å². The molecule has 0 aromatic heterocycles. The van der Waals surface area contributed by atoms with Crippen molar-refractivity contribution in [2.45, 2.75) is 32.7 Å². The molecule has 1 aliphatic rings. The monoisotopic (exact) mass is 241 g/mol. The van der Waals surface area contributed by atoms with Crippen molar-refractivity contribution in [3.63, 3.8) is 0 Å². The van der Waals surface area contributed by atoms with Crippen molar-refractivity contribution in [3.05, 3.63) is 0 Å². The third-order valence-electron chi connectivity index (χ3n) is 3.35. The van der Waals surface area contributed by atoms with Gasteiger partial charge < -0.3 is 16.0 Å². The van der Waals surface area contributed by atoms with Crippen LogP contribution in [-0.2, 0) is 9.59 Å². The fourth-order valence-corrected chi connectivity index (χ4v) is 2.09. The normalized spacial score (nSPS) is 22.4. The number of carbonyl (C=O) groups is 2. The van der Waals surface area contributed by atoms with E-state index in [-0.39, 0.29) is 23.7 Å². The molecule has 1 aliphatic heterocycles. The summed E-state index contributed by atoms with van der Waals surface area (Å²) < 4.78 is 0. The molecule has 2 unspecified atom stereocenters. The maximum absolute atomic E-state index is 12.1. The molecule has 1 fully saturated rings. The van der Waals surface area contributed by atoms with Crippen molar-refractivity contribution in [1.82, 2.24) is 10.2 Å². The molecule has 1 saturated heterocycles. The zero-order chi connectivity index (χ0) is 13.0. The minimum Gasteiger partial charge on any atom is -0.359 e. The smallest absolute Gasteiger partial charge is 0.239 e. The second-order valence-corrected chi connectivity index (χ2v) is 5.01. The Kier molecular flexibility index (Phi) is 4.93. The van der Waals surface area contributed by atoms with E-state index in [1.165, 1.54) is 0 Å². The van der Waals surface area contributed by atoms with Gasteiger partial charge in [-0.15, -0.1) is 0 Å². The number of nitrogens with one attached hydrogen (secondary N) is 1. The molecular formula is C12H23N3O2. The number of rotatable bonds is 3. The first-order valence-electron chi connectivity index (χ1n) is 6.23. The first-order valence-corrected chi connectivity index (χ1v) is 6.23. The highest BCUT2D eigenvalue weighted by atomic mass is 16.2. The largest absolute Gasteiger partial charge is 0.359 e. The minimum atomic E-state index is -0.460. The highest BCUT2D eigenvalue weighted by molar-refractivity contribution is 5.84. The molecule has 0 saturated carbocycles. The summed E-state index contributed by atoms with van der Waals surface area (Å²) >= 11 is 0. The van der Waals surface area contributed by atoms with Crippen LogP contribution in [0.2, 0.25) is 0 Å². The van der Waals surface area contributed by atoms with E-state index in [9.17, 15) is 9.59 Å². The number of nitrogens with zero attached hydrogens (tertiary/aromatic N) is 1. The summed E-state index contributed by atoms with van der Waals surface area (Å²) in [6.07, 6.45) is 1.72. The first-order chi connectivity index (χ1) is 7.97. The number of hydrogen-bond acceptors (Lipinski definition) is 3. The SMILES string of the molecule is CNC(=O)C1CCCN(C(=O)C(N)C(C)C)C1. The number of amides is 2. The van der Waals surface area contributed by atoms with Gasteiger partial charge in [0.1, 0.15) is 0 Å². The van der Waals surface area contributed by atoms with Gasteiger partial charge in [0.2, 0.25) is 11.8 Å². The van der Waals surface area contributed by atoms with Gasteiger partial charge >= 0.3 is 0 Å². The molecule has 1 heterocycles. The van der Waals surface area contributed by atoms with Crippen LogP contribution in [0.3, 0.4) is 0 Å². The predicted octanol–water partition coefficient (Wildman–Crippen LogP) is -0.0457. The third kappa shape index (κ3) is 3.43. The Morgan fingerprint density at radius 2 is 2.06 bits per heavy atom. The quantitative estimate of drug-likeness (QED) is 0.727. The number of hydrogen-bond donors (Lipinski definition) is 2. The van der Waals surface area contributed by atoms with Crippen molar-refractivity contribution in [2.24, 2.45) is 17.6 Å². The van der Waals surface area contributed by atoms with Crippen molar-refractivity contribution < 1.29 is 9.59 Å². The Balaban J connectivity index is 2.60. The van der Waals surface area contributed by atoms with Crippen LogP contribution in [-0.4, -0.2) is 42.9 Å². The van der Waals surface area contributed by atoms with Crippen molar-refractivity contribution in [3.8, 4) is 0 Å². The van der Waals surface area contributed by atoms with Gasteiger partial charge in [-0.2, -0.15) is 0 Å². The van der Waals surface area contributed by atoms with E-state index in [0.717, 1.165) is 12.8 Å². The summed E-state index contributed by atoms with van der Waals surface area (Å²) in [5, 5.41) is 2.64. The first kappa shape index (κ1) is 14.0. The third-order valence-corrected chi connectivity index (χ3v) is 3.35. The van der Waals surface area contributed by atoms with Gasteiger partial charge in [0.25, 0.3) is 0 Å². The zero-order valence-electron chi connectivity index (χ0n) is 10.9. The maximum atomic E-state index is 12.1. The molecule has 0 bridgehead atoms. The second-order valence-electron chi connectivity index (χ2n) is 5.01. The summed E-state index contributed by atoms with van der Waals surface area (Å²) in [5.41, 5.74) is 5.85. The van der Waals surface area contributed by atoms with E-state index in [1.807, 2.05) is 13.8 Å². The van der Waals surface area contributed by atoms with Gasteiger partial charge in [-0.1, -0.05) is 13.8 Å². The van der Waals surface area contributed by atoms with Crippen LogP contribution in [0.5, 0.6) is 0 Å². The predicted molar refractivity (Wildman–Crippen MR) is 66.2 cm³/mol. The lowest BCUT2D eigenvalue weighted by Crippen LogP contribution is -2.51. The molecule has 0 aliphatic carbocycles. The van der Waals surface area contributed by atoms with Gasteiger partial charge in [-0.3, -0.25) is 9.59 Å². The summed E-state index contributed by atoms with van der Waals surface area (Å²) in [6, 6.07) is -0.460. The molecule has 0 spiro atoms. The molecule has 17 heavy (non-hydrogen) atoms. The summed E-state index contributed by atoms with van der Waals surface area (Å²) in [4.78, 5) is 25.4. The summed E-state index contributed by atoms with van der Waals surface area (Å²) in [5.74, 6) is 0.0224. The highest BCUT2D eigenvalue weighted by Crippen LogP contribution is 2.18. The van der Waals surface area contributed by atoms with Crippen LogP contribution in [0.15, 0.2) is 0 Å². The van der Waals surface area contributed by atoms with Crippen LogP contribution >= 0.6 is 0 Å². The lowest BCUT2D eigenvalue weighted by Gasteiger charge is -2.34. The Bertz CT molecular complexity index is 291. The number of nitrogens with two attached hydrogens (primary N) is 1. The van der Waals surface area contributed by atoms with E-state index < -0.39 is 6.04 Å². The van der Waals surface area contributed by atoms with Crippen LogP contribution in [0.1, 0.15) is 26.7 Å². The van der Waals surface area contributed by atoms with Gasteiger partial charge in [-0.05, 0) is 18.8 Å². The van der Waals surface area contributed by atoms with Crippen LogP contribution in [0.25, 0.3) is 0 Å². The Morgan fingerprint density at radius 1 is 1.41 bits per heavy atom. The summed E-state index contributed by atoms with van der Waals surface area (Å²) in [6.45, 7) is 5.08. The van der Waals surface area contributed by atoms with Crippen molar-refractivity contribution in [1.29, 1.82) is 0 Å². The molecule has 3 N–H and O–H groups in total. The van der Waals surface area contributed by atoms with E-state index >= 15 is 0 Å². The average Bonchev–Trinajstić information content (AvgIpc) is 2.36. The molecule has 1 rings (SSSR count).